The lowest BCUT2D eigenvalue weighted by molar-refractivity contribution is 0.0528. The molecule has 10 heteroatoms. The number of anilines is 1. The van der Waals surface area contributed by atoms with Crippen LogP contribution in [0.3, 0.4) is 0 Å². The third kappa shape index (κ3) is 8.76. The maximum absolute atomic E-state index is 11.5. The first kappa shape index (κ1) is 24.5. The summed E-state index contributed by atoms with van der Waals surface area (Å²) in [6, 6.07) is 1.56. The fourth-order valence-electron chi connectivity index (χ4n) is 1.54. The lowest BCUT2D eigenvalue weighted by Gasteiger charge is -2.21. The van der Waals surface area contributed by atoms with Crippen molar-refractivity contribution in [2.24, 2.45) is 5.84 Å². The molecule has 0 radical (unpaired) electrons. The second-order valence-electron chi connectivity index (χ2n) is 5.55. The Kier molecular flexibility index (Phi) is 11.1. The largest absolute Gasteiger partial charge is 0.465 e. The number of aromatic nitrogens is 1. The topological polar surface area (TPSA) is 107 Å². The van der Waals surface area contributed by atoms with Crippen LogP contribution >= 0.6 is 24.8 Å². The summed E-state index contributed by atoms with van der Waals surface area (Å²) >= 11 is 0. The molecule has 0 bridgehead atoms. The fourth-order valence-corrected chi connectivity index (χ4v) is 1.54. The molecule has 0 fully saturated rings. The van der Waals surface area contributed by atoms with Gasteiger partial charge in [0.25, 0.3) is 0 Å². The third-order valence-electron chi connectivity index (χ3n) is 2.50. The second kappa shape index (κ2) is 10.9. The summed E-state index contributed by atoms with van der Waals surface area (Å²) in [5.41, 5.74) is 0.287. The highest BCUT2D eigenvalue weighted by Crippen LogP contribution is 2.12. The molecule has 3 N–H and O–H groups in total. The molecule has 0 atom stereocenters. The number of carbonyl (C=O) groups is 2. The van der Waals surface area contributed by atoms with Crippen LogP contribution < -0.4 is 16.2 Å². The lowest BCUT2D eigenvalue weighted by Crippen LogP contribution is -2.41. The summed E-state index contributed by atoms with van der Waals surface area (Å²) in [4.78, 5) is 26.9. The van der Waals surface area contributed by atoms with E-state index in [-0.39, 0.29) is 31.4 Å². The Hall–Kier alpha value is -1.77. The Labute approximate surface area is 153 Å². The summed E-state index contributed by atoms with van der Waals surface area (Å²) in [5.74, 6) is 5.38. The minimum atomic E-state index is -0.550. The van der Waals surface area contributed by atoms with Crippen LogP contribution in [-0.4, -0.2) is 42.8 Å². The van der Waals surface area contributed by atoms with E-state index >= 15 is 0 Å². The highest BCUT2D eigenvalue weighted by atomic mass is 35.5. The van der Waals surface area contributed by atoms with Crippen molar-refractivity contribution >= 4 is 42.6 Å². The standard InChI is InChI=1S/C14H22N4O4.2ClH/c1-14(2,3)22-13(20)17-5-6-18(15)11-7-10(8-16-9-11)12(19)21-4;;/h7-9H,5-6,15H2,1-4H3,(H,17,20);2*1H. The zero-order chi connectivity index (χ0) is 16.8. The molecular weight excluding hydrogens is 359 g/mol. The molecule has 0 saturated heterocycles. The number of hydrogen-bond acceptors (Lipinski definition) is 7. The van der Waals surface area contributed by atoms with Crippen molar-refractivity contribution in [2.45, 2.75) is 26.4 Å². The number of nitrogens with one attached hydrogen (secondary N) is 1. The predicted molar refractivity (Wildman–Crippen MR) is 95.8 cm³/mol. The number of rotatable bonds is 5. The van der Waals surface area contributed by atoms with E-state index in [1.165, 1.54) is 24.5 Å². The summed E-state index contributed by atoms with van der Waals surface area (Å²) in [7, 11) is 1.29. The Morgan fingerprint density at radius 2 is 1.92 bits per heavy atom. The zero-order valence-corrected chi connectivity index (χ0v) is 15.7. The quantitative estimate of drug-likeness (QED) is 0.454. The van der Waals surface area contributed by atoms with Crippen molar-refractivity contribution in [1.29, 1.82) is 0 Å². The molecule has 0 spiro atoms. The summed E-state index contributed by atoms with van der Waals surface area (Å²) in [5, 5.41) is 3.97. The van der Waals surface area contributed by atoms with Gasteiger partial charge in [0.15, 0.2) is 0 Å². The van der Waals surface area contributed by atoms with Crippen molar-refractivity contribution in [3.63, 3.8) is 0 Å². The number of nitrogens with zero attached hydrogens (tertiary/aromatic N) is 2. The molecular formula is C14H24Cl2N4O4. The van der Waals surface area contributed by atoms with E-state index in [0.29, 0.717) is 17.8 Å². The Morgan fingerprint density at radius 1 is 1.29 bits per heavy atom. The van der Waals surface area contributed by atoms with E-state index in [1.807, 2.05) is 0 Å². The van der Waals surface area contributed by atoms with E-state index in [2.05, 4.69) is 15.0 Å². The Morgan fingerprint density at radius 3 is 2.46 bits per heavy atom. The van der Waals surface area contributed by atoms with E-state index in [9.17, 15) is 9.59 Å². The minimum Gasteiger partial charge on any atom is -0.465 e. The van der Waals surface area contributed by atoms with Gasteiger partial charge in [-0.2, -0.15) is 0 Å². The summed E-state index contributed by atoms with van der Waals surface area (Å²) < 4.78 is 9.73. The number of nitrogens with two attached hydrogens (primary N) is 1. The number of alkyl carbamates (subject to hydrolysis) is 1. The molecule has 1 amide bonds. The maximum Gasteiger partial charge on any atom is 0.407 e. The van der Waals surface area contributed by atoms with Crippen molar-refractivity contribution in [3.8, 4) is 0 Å². The summed E-state index contributed by atoms with van der Waals surface area (Å²) in [6.07, 6.45) is 2.39. The first-order chi connectivity index (χ1) is 10.2. The number of ether oxygens (including phenoxy) is 2. The molecule has 0 aromatic carbocycles. The molecule has 0 saturated carbocycles. The third-order valence-corrected chi connectivity index (χ3v) is 2.50. The van der Waals surface area contributed by atoms with Gasteiger partial charge in [0.2, 0.25) is 0 Å². The summed E-state index contributed by atoms with van der Waals surface area (Å²) in [6.45, 7) is 5.96. The highest BCUT2D eigenvalue weighted by molar-refractivity contribution is 5.89. The van der Waals surface area contributed by atoms with Gasteiger partial charge in [0.05, 0.1) is 31.1 Å². The van der Waals surface area contributed by atoms with Crippen molar-refractivity contribution in [2.75, 3.05) is 25.2 Å². The van der Waals surface area contributed by atoms with Crippen molar-refractivity contribution in [3.05, 3.63) is 24.0 Å². The van der Waals surface area contributed by atoms with Crippen LogP contribution in [0.4, 0.5) is 10.5 Å². The number of methoxy groups -OCH3 is 1. The van der Waals surface area contributed by atoms with Crippen LogP contribution in [0, 0.1) is 0 Å². The first-order valence-electron chi connectivity index (χ1n) is 6.75. The van der Waals surface area contributed by atoms with Crippen LogP contribution in [-0.2, 0) is 9.47 Å². The normalized spacial score (nSPS) is 9.88. The van der Waals surface area contributed by atoms with E-state index in [4.69, 9.17) is 10.6 Å². The number of hydrazine groups is 1. The van der Waals surface area contributed by atoms with Gasteiger partial charge in [0.1, 0.15) is 5.60 Å². The van der Waals surface area contributed by atoms with Gasteiger partial charge in [-0.25, -0.2) is 15.4 Å². The molecule has 0 aliphatic rings. The molecule has 1 aromatic heterocycles. The van der Waals surface area contributed by atoms with Gasteiger partial charge in [-0.1, -0.05) is 0 Å². The van der Waals surface area contributed by atoms with Crippen LogP contribution in [0.2, 0.25) is 0 Å². The molecule has 1 aromatic rings. The number of hydrogen-bond donors (Lipinski definition) is 2. The van der Waals surface area contributed by atoms with E-state index in [1.54, 1.807) is 26.8 Å². The fraction of sp³-hybridized carbons (Fsp3) is 0.500. The Balaban J connectivity index is 0. The minimum absolute atomic E-state index is 0. The smallest absolute Gasteiger partial charge is 0.407 e. The lowest BCUT2D eigenvalue weighted by atomic mass is 10.2. The van der Waals surface area contributed by atoms with Crippen LogP contribution in [0.15, 0.2) is 18.5 Å². The number of pyridine rings is 1. The predicted octanol–water partition coefficient (Wildman–Crippen LogP) is 1.92. The van der Waals surface area contributed by atoms with Crippen LogP contribution in [0.5, 0.6) is 0 Å². The van der Waals surface area contributed by atoms with Gasteiger partial charge in [0, 0.05) is 12.7 Å². The molecule has 0 aliphatic carbocycles. The van der Waals surface area contributed by atoms with Gasteiger partial charge < -0.3 is 19.8 Å². The van der Waals surface area contributed by atoms with Crippen molar-refractivity contribution < 1.29 is 19.1 Å². The number of halogens is 2. The molecule has 1 rings (SSSR count). The maximum atomic E-state index is 11.5. The average molecular weight is 383 g/mol. The van der Waals surface area contributed by atoms with Crippen molar-refractivity contribution in [1.82, 2.24) is 10.3 Å². The van der Waals surface area contributed by atoms with Gasteiger partial charge in [-0.3, -0.25) is 4.98 Å². The average Bonchev–Trinajstić information content (AvgIpc) is 2.44. The van der Waals surface area contributed by atoms with Gasteiger partial charge in [-0.15, -0.1) is 24.8 Å². The highest BCUT2D eigenvalue weighted by Gasteiger charge is 2.16. The molecule has 0 aliphatic heterocycles. The Bertz CT molecular complexity index is 538. The zero-order valence-electron chi connectivity index (χ0n) is 14.1. The molecule has 24 heavy (non-hydrogen) atoms. The number of carbonyl (C=O) groups excluding carboxylic acids is 2. The molecule has 8 nitrogen and oxygen atoms in total. The van der Waals surface area contributed by atoms with Gasteiger partial charge >= 0.3 is 12.1 Å². The molecule has 1 heterocycles. The number of esters is 1. The number of amides is 1. The van der Waals surface area contributed by atoms with Crippen LogP contribution in [0.1, 0.15) is 31.1 Å². The monoisotopic (exact) mass is 382 g/mol. The molecule has 138 valence electrons. The SMILES string of the molecule is COC(=O)c1cncc(N(N)CCNC(=O)OC(C)(C)C)c1.Cl.Cl. The van der Waals surface area contributed by atoms with Gasteiger partial charge in [-0.05, 0) is 26.8 Å². The molecule has 0 unspecified atom stereocenters. The van der Waals surface area contributed by atoms with Crippen LogP contribution in [0.25, 0.3) is 0 Å². The van der Waals surface area contributed by atoms with E-state index < -0.39 is 17.7 Å². The van der Waals surface area contributed by atoms with E-state index in [0.717, 1.165) is 0 Å². The first-order valence-corrected chi connectivity index (χ1v) is 6.75. The second-order valence-corrected chi connectivity index (χ2v) is 5.55.